The number of carboxylic acids is 1. The Bertz CT molecular complexity index is 680. The van der Waals surface area contributed by atoms with Gasteiger partial charge in [-0.2, -0.15) is 0 Å². The highest BCUT2D eigenvalue weighted by atomic mass is 32.2. The van der Waals surface area contributed by atoms with Crippen molar-refractivity contribution in [3.8, 4) is 0 Å². The van der Waals surface area contributed by atoms with Crippen LogP contribution >= 0.6 is 11.8 Å². The molecule has 8 heteroatoms. The molecule has 5 aliphatic rings. The Morgan fingerprint density at radius 2 is 2.04 bits per heavy atom. The van der Waals surface area contributed by atoms with Crippen molar-refractivity contribution in [1.29, 1.82) is 0 Å². The second kappa shape index (κ2) is 5.95. The molecular formula is C18H25N3O4S. The first-order valence-corrected chi connectivity index (χ1v) is 10.5. The molecule has 5 rings (SSSR count). The lowest BCUT2D eigenvalue weighted by molar-refractivity contribution is -0.158. The molecule has 3 unspecified atom stereocenters. The number of nitrogens with zero attached hydrogens (tertiary/aromatic N) is 1. The van der Waals surface area contributed by atoms with Gasteiger partial charge in [0.2, 0.25) is 0 Å². The van der Waals surface area contributed by atoms with E-state index in [1.165, 1.54) is 17.7 Å². The van der Waals surface area contributed by atoms with Gasteiger partial charge in [-0.15, -0.1) is 11.8 Å². The minimum Gasteiger partial charge on any atom is -0.477 e. The van der Waals surface area contributed by atoms with Gasteiger partial charge in [-0.1, -0.05) is 6.92 Å². The van der Waals surface area contributed by atoms with Crippen LogP contribution in [0, 0.1) is 5.92 Å². The number of aliphatic carboxylic acids is 1. The van der Waals surface area contributed by atoms with Crippen LogP contribution < -0.4 is 10.6 Å². The fourth-order valence-corrected chi connectivity index (χ4v) is 6.64. The van der Waals surface area contributed by atoms with Gasteiger partial charge in [0, 0.05) is 28.2 Å². The molecule has 4 aliphatic heterocycles. The maximum absolute atomic E-state index is 12.4. The van der Waals surface area contributed by atoms with E-state index in [1.807, 2.05) is 6.92 Å². The van der Waals surface area contributed by atoms with E-state index in [4.69, 9.17) is 4.74 Å². The first kappa shape index (κ1) is 17.0. The molecule has 0 aromatic carbocycles. The van der Waals surface area contributed by atoms with Crippen LogP contribution in [0.5, 0.6) is 0 Å². The predicted octanol–water partition coefficient (Wildman–Crippen LogP) is 0.518. The number of fused-ring (bicyclic) bond motifs is 2. The lowest BCUT2D eigenvalue weighted by Crippen LogP contribution is -2.67. The van der Waals surface area contributed by atoms with Crippen molar-refractivity contribution < 1.29 is 19.4 Å². The molecule has 7 nitrogen and oxygen atoms in total. The number of carbonyl (C=O) groups is 2. The minimum absolute atomic E-state index is 0.0442. The number of hydrogen-bond donors (Lipinski definition) is 3. The molecule has 0 aromatic heterocycles. The number of nitrogens with one attached hydrogen (secondary N) is 2. The van der Waals surface area contributed by atoms with Crippen molar-refractivity contribution in [2.24, 2.45) is 5.92 Å². The molecule has 1 aliphatic carbocycles. The SMILES string of the molecule is CC1C(SC2CC(NC3CCNCC3)C2)=C(C(=O)O)N2C(=O)C3(CO3)C12. The maximum Gasteiger partial charge on any atom is 0.353 e. The number of carboxylic acid groups (broad SMARTS) is 1. The van der Waals surface area contributed by atoms with Gasteiger partial charge in [0.1, 0.15) is 5.70 Å². The van der Waals surface area contributed by atoms with Crippen LogP contribution in [0.3, 0.4) is 0 Å². The van der Waals surface area contributed by atoms with Crippen molar-refractivity contribution in [2.45, 2.75) is 61.6 Å². The first-order chi connectivity index (χ1) is 12.5. The smallest absolute Gasteiger partial charge is 0.353 e. The molecule has 1 saturated carbocycles. The van der Waals surface area contributed by atoms with Crippen LogP contribution in [0.1, 0.15) is 32.6 Å². The van der Waals surface area contributed by atoms with E-state index in [9.17, 15) is 14.7 Å². The number of epoxide rings is 1. The molecule has 3 N–H and O–H groups in total. The van der Waals surface area contributed by atoms with Gasteiger partial charge in [-0.25, -0.2) is 4.79 Å². The van der Waals surface area contributed by atoms with Crippen LogP contribution in [0.2, 0.25) is 0 Å². The maximum atomic E-state index is 12.4. The Labute approximate surface area is 156 Å². The molecule has 4 heterocycles. The summed E-state index contributed by atoms with van der Waals surface area (Å²) in [5.41, 5.74) is -0.505. The van der Waals surface area contributed by atoms with E-state index < -0.39 is 11.6 Å². The fraction of sp³-hybridized carbons (Fsp3) is 0.778. The van der Waals surface area contributed by atoms with Gasteiger partial charge in [-0.3, -0.25) is 9.69 Å². The van der Waals surface area contributed by atoms with E-state index in [-0.39, 0.29) is 23.6 Å². The van der Waals surface area contributed by atoms with Crippen LogP contribution in [-0.2, 0) is 14.3 Å². The number of carbonyl (C=O) groups excluding carboxylic acids is 1. The molecule has 0 bridgehead atoms. The summed E-state index contributed by atoms with van der Waals surface area (Å²) >= 11 is 1.68. The number of thioether (sulfide) groups is 1. The molecule has 0 aromatic rings. The monoisotopic (exact) mass is 379 g/mol. The van der Waals surface area contributed by atoms with Crippen molar-refractivity contribution in [3.05, 3.63) is 10.6 Å². The van der Waals surface area contributed by atoms with E-state index in [1.54, 1.807) is 11.8 Å². The summed E-state index contributed by atoms with van der Waals surface area (Å²) in [7, 11) is 0. The van der Waals surface area contributed by atoms with Crippen molar-refractivity contribution in [2.75, 3.05) is 19.7 Å². The van der Waals surface area contributed by atoms with Gasteiger partial charge in [0.15, 0.2) is 5.60 Å². The van der Waals surface area contributed by atoms with E-state index in [0.29, 0.717) is 23.9 Å². The molecule has 0 radical (unpaired) electrons. The minimum atomic E-state index is -0.991. The van der Waals surface area contributed by atoms with E-state index >= 15 is 0 Å². The van der Waals surface area contributed by atoms with Crippen molar-refractivity contribution >= 4 is 23.6 Å². The summed E-state index contributed by atoms with van der Waals surface area (Å²) in [6, 6.07) is 1.03. The van der Waals surface area contributed by atoms with Crippen molar-refractivity contribution in [3.63, 3.8) is 0 Å². The molecular weight excluding hydrogens is 354 g/mol. The molecule has 1 spiro atoms. The third-order valence-corrected chi connectivity index (χ3v) is 8.09. The molecule has 142 valence electrons. The summed E-state index contributed by atoms with van der Waals surface area (Å²) < 4.78 is 5.42. The number of β-lactam (4-membered cyclic amide) rings is 1. The highest BCUT2D eigenvalue weighted by Crippen LogP contribution is 2.58. The van der Waals surface area contributed by atoms with Crippen molar-refractivity contribution in [1.82, 2.24) is 15.5 Å². The lowest BCUT2D eigenvalue weighted by atomic mass is 9.82. The van der Waals surface area contributed by atoms with Crippen LogP contribution in [0.4, 0.5) is 0 Å². The van der Waals surface area contributed by atoms with Gasteiger partial charge in [0.05, 0.1) is 12.6 Å². The Kier molecular flexibility index (Phi) is 3.90. The Morgan fingerprint density at radius 1 is 1.35 bits per heavy atom. The molecule has 3 atom stereocenters. The largest absolute Gasteiger partial charge is 0.477 e. The molecule has 4 fully saturated rings. The van der Waals surface area contributed by atoms with Gasteiger partial charge >= 0.3 is 5.97 Å². The topological polar surface area (TPSA) is 94.2 Å². The zero-order chi connectivity index (χ0) is 18.1. The number of rotatable bonds is 5. The Balaban J connectivity index is 1.23. The summed E-state index contributed by atoms with van der Waals surface area (Å²) in [5, 5.41) is 17.2. The first-order valence-electron chi connectivity index (χ1n) is 9.60. The standard InChI is InChI=1S/C18H25N3O4S/c1-9-14(13(16(22)23)21-15(9)18(8-25-18)17(21)24)26-12-6-11(7-12)20-10-2-4-19-5-3-10/h9-12,15,19-20H,2-8H2,1H3,(H,22,23). The third-order valence-electron chi connectivity index (χ3n) is 6.56. The Hall–Kier alpha value is -1.09. The van der Waals surface area contributed by atoms with Crippen LogP contribution in [0.15, 0.2) is 10.6 Å². The van der Waals surface area contributed by atoms with Crippen LogP contribution in [0.25, 0.3) is 0 Å². The molecule has 1 amide bonds. The van der Waals surface area contributed by atoms with E-state index in [2.05, 4.69) is 10.6 Å². The van der Waals surface area contributed by atoms with Crippen LogP contribution in [-0.4, -0.2) is 70.6 Å². The second-order valence-electron chi connectivity index (χ2n) is 8.20. The summed E-state index contributed by atoms with van der Waals surface area (Å²) in [6.45, 7) is 4.65. The number of ether oxygens (including phenoxy) is 1. The molecule has 26 heavy (non-hydrogen) atoms. The van der Waals surface area contributed by atoms with E-state index in [0.717, 1.165) is 30.8 Å². The van der Waals surface area contributed by atoms with Gasteiger partial charge < -0.3 is 20.5 Å². The summed E-state index contributed by atoms with van der Waals surface area (Å²) in [4.78, 5) is 26.5. The highest BCUT2D eigenvalue weighted by molar-refractivity contribution is 8.03. The molecule has 3 saturated heterocycles. The highest BCUT2D eigenvalue weighted by Gasteiger charge is 2.76. The second-order valence-corrected chi connectivity index (χ2v) is 9.55. The number of hydrogen-bond acceptors (Lipinski definition) is 6. The number of piperidine rings is 1. The predicted molar refractivity (Wildman–Crippen MR) is 96.6 cm³/mol. The fourth-order valence-electron chi connectivity index (χ4n) is 4.99. The zero-order valence-electron chi connectivity index (χ0n) is 14.9. The number of amides is 1. The van der Waals surface area contributed by atoms with Gasteiger partial charge in [-0.05, 0) is 38.8 Å². The zero-order valence-corrected chi connectivity index (χ0v) is 15.7. The average Bonchev–Trinajstić information content (AvgIpc) is 3.36. The lowest BCUT2D eigenvalue weighted by Gasteiger charge is -2.43. The summed E-state index contributed by atoms with van der Waals surface area (Å²) in [6.07, 6.45) is 4.50. The summed E-state index contributed by atoms with van der Waals surface area (Å²) in [5.74, 6) is -1.11. The normalized spacial score (nSPS) is 41.9. The van der Waals surface area contributed by atoms with Gasteiger partial charge in [0.25, 0.3) is 5.91 Å². The quantitative estimate of drug-likeness (QED) is 0.473. The average molecular weight is 379 g/mol. The Morgan fingerprint density at radius 3 is 2.65 bits per heavy atom. The third kappa shape index (κ3) is 2.38.